The summed E-state index contributed by atoms with van der Waals surface area (Å²) in [4.78, 5) is 20.3. The Hall–Kier alpha value is -2.87. The van der Waals surface area contributed by atoms with Crippen molar-refractivity contribution in [3.63, 3.8) is 0 Å². The van der Waals surface area contributed by atoms with Crippen molar-refractivity contribution >= 4 is 40.0 Å². The van der Waals surface area contributed by atoms with E-state index in [0.717, 1.165) is 53.1 Å². The minimum absolute atomic E-state index is 0.272. The van der Waals surface area contributed by atoms with E-state index in [-0.39, 0.29) is 5.96 Å². The Morgan fingerprint density at radius 2 is 1.96 bits per heavy atom. The highest BCUT2D eigenvalue weighted by Crippen LogP contribution is 2.40. The lowest BCUT2D eigenvalue weighted by Gasteiger charge is -2.45. The van der Waals surface area contributed by atoms with Gasteiger partial charge in [0.15, 0.2) is 0 Å². The van der Waals surface area contributed by atoms with E-state index < -0.39 is 5.66 Å². The van der Waals surface area contributed by atoms with Crippen LogP contribution in [0.2, 0.25) is 0 Å². The number of benzene rings is 1. The molecule has 1 aliphatic carbocycles. The van der Waals surface area contributed by atoms with Gasteiger partial charge in [0.25, 0.3) is 0 Å². The zero-order valence-corrected chi connectivity index (χ0v) is 15.7. The number of hydrogen-bond donors (Lipinski definition) is 3. The number of nitrogens with two attached hydrogens (primary N) is 2. The van der Waals surface area contributed by atoms with E-state index >= 15 is 0 Å². The minimum Gasteiger partial charge on any atom is -0.369 e. The molecule has 0 amide bonds. The molecule has 5 rings (SSSR count). The molecule has 0 saturated heterocycles. The average molecular weight is 379 g/mol. The van der Waals surface area contributed by atoms with Crippen molar-refractivity contribution in [3.05, 3.63) is 35.7 Å². The van der Waals surface area contributed by atoms with Crippen LogP contribution in [0.25, 0.3) is 21.7 Å². The molecular weight excluding hydrogens is 358 g/mol. The number of fused-ring (bicyclic) bond motifs is 1. The first kappa shape index (κ1) is 16.3. The fourth-order valence-corrected chi connectivity index (χ4v) is 4.83. The number of imidazole rings is 1. The maximum absolute atomic E-state index is 6.32. The lowest BCUT2D eigenvalue weighted by atomic mass is 9.87. The molecule has 7 nitrogen and oxygen atoms in total. The molecule has 2 aromatic heterocycles. The van der Waals surface area contributed by atoms with E-state index in [1.54, 1.807) is 11.3 Å². The molecule has 27 heavy (non-hydrogen) atoms. The van der Waals surface area contributed by atoms with Gasteiger partial charge in [-0.25, -0.2) is 9.98 Å². The highest BCUT2D eigenvalue weighted by Gasteiger charge is 2.42. The van der Waals surface area contributed by atoms with Crippen molar-refractivity contribution in [1.29, 1.82) is 0 Å². The zero-order chi connectivity index (χ0) is 18.4. The number of nitrogens with one attached hydrogen (secondary N) is 1. The molecule has 8 heteroatoms. The molecule has 3 heterocycles. The van der Waals surface area contributed by atoms with Crippen LogP contribution >= 0.6 is 11.3 Å². The highest BCUT2D eigenvalue weighted by atomic mass is 32.1. The van der Waals surface area contributed by atoms with Crippen LogP contribution < -0.4 is 16.4 Å². The van der Waals surface area contributed by atoms with E-state index in [2.05, 4.69) is 22.1 Å². The fraction of sp³-hybridized carbons (Fsp3) is 0.316. The summed E-state index contributed by atoms with van der Waals surface area (Å²) in [6.07, 6.45) is 5.27. The number of H-pyrrole nitrogens is 1. The molecule has 1 fully saturated rings. The molecule has 1 saturated carbocycles. The van der Waals surface area contributed by atoms with Gasteiger partial charge in [-0.1, -0.05) is 12.5 Å². The third kappa shape index (κ3) is 2.68. The Bertz CT molecular complexity index is 1040. The molecule has 0 atom stereocenters. The molecular formula is C19H21N7S. The quantitative estimate of drug-likeness (QED) is 0.634. The normalized spacial score (nSPS) is 19.3. The number of rotatable bonds is 2. The van der Waals surface area contributed by atoms with Gasteiger partial charge in [-0.05, 0) is 55.3 Å². The van der Waals surface area contributed by atoms with Gasteiger partial charge >= 0.3 is 0 Å². The molecule has 3 aromatic rings. The SMILES string of the molecule is NC1=NC2(CCCCC2)N(c2ccc3nc(-c4cccs4)[nH]c3c2)C(N)=N1. The van der Waals surface area contributed by atoms with Crippen LogP contribution in [0.15, 0.2) is 45.7 Å². The molecule has 5 N–H and O–H groups in total. The van der Waals surface area contributed by atoms with Gasteiger partial charge in [-0.2, -0.15) is 4.99 Å². The van der Waals surface area contributed by atoms with Crippen molar-refractivity contribution < 1.29 is 0 Å². The van der Waals surface area contributed by atoms with E-state index in [9.17, 15) is 0 Å². The van der Waals surface area contributed by atoms with Crippen LogP contribution in [0.4, 0.5) is 5.69 Å². The molecule has 0 radical (unpaired) electrons. The largest absolute Gasteiger partial charge is 0.369 e. The number of hydrogen-bond acceptors (Lipinski definition) is 7. The zero-order valence-electron chi connectivity index (χ0n) is 14.9. The van der Waals surface area contributed by atoms with Crippen LogP contribution in [0, 0.1) is 0 Å². The molecule has 1 aromatic carbocycles. The Morgan fingerprint density at radius 3 is 2.74 bits per heavy atom. The maximum atomic E-state index is 6.32. The molecule has 1 spiro atoms. The van der Waals surface area contributed by atoms with Crippen molar-refractivity contribution in [1.82, 2.24) is 9.97 Å². The lowest BCUT2D eigenvalue weighted by Crippen LogP contribution is -2.58. The van der Waals surface area contributed by atoms with Gasteiger partial charge < -0.3 is 16.5 Å². The summed E-state index contributed by atoms with van der Waals surface area (Å²) in [5.74, 6) is 1.56. The molecule has 0 bridgehead atoms. The van der Waals surface area contributed by atoms with Gasteiger partial charge in [0.1, 0.15) is 11.5 Å². The second kappa shape index (κ2) is 6.09. The predicted molar refractivity (Wildman–Crippen MR) is 111 cm³/mol. The van der Waals surface area contributed by atoms with Crippen LogP contribution in [-0.2, 0) is 0 Å². The second-order valence-corrected chi connectivity index (χ2v) is 8.03. The van der Waals surface area contributed by atoms with Crippen molar-refractivity contribution in [3.8, 4) is 10.7 Å². The molecule has 2 aliphatic rings. The van der Waals surface area contributed by atoms with Crippen molar-refractivity contribution in [2.45, 2.75) is 37.8 Å². The topological polar surface area (TPSA) is 109 Å². The molecule has 0 unspecified atom stereocenters. The predicted octanol–water partition coefficient (Wildman–Crippen LogP) is 3.40. The number of aromatic nitrogens is 2. The fourth-order valence-electron chi connectivity index (χ4n) is 4.16. The summed E-state index contributed by atoms with van der Waals surface area (Å²) < 4.78 is 0. The first-order chi connectivity index (χ1) is 13.1. The first-order valence-corrected chi connectivity index (χ1v) is 10.1. The number of aromatic amines is 1. The summed E-state index contributed by atoms with van der Waals surface area (Å²) in [6.45, 7) is 0. The summed E-state index contributed by atoms with van der Waals surface area (Å²) in [5.41, 5.74) is 14.7. The van der Waals surface area contributed by atoms with E-state index in [0.29, 0.717) is 5.96 Å². The van der Waals surface area contributed by atoms with Gasteiger partial charge in [-0.15, -0.1) is 11.3 Å². The monoisotopic (exact) mass is 379 g/mol. The lowest BCUT2D eigenvalue weighted by molar-refractivity contribution is 0.305. The van der Waals surface area contributed by atoms with Crippen LogP contribution in [0.5, 0.6) is 0 Å². The summed E-state index contributed by atoms with van der Waals surface area (Å²) >= 11 is 1.67. The van der Waals surface area contributed by atoms with Gasteiger partial charge in [0, 0.05) is 5.69 Å². The van der Waals surface area contributed by atoms with Crippen molar-refractivity contribution in [2.75, 3.05) is 4.90 Å². The summed E-state index contributed by atoms with van der Waals surface area (Å²) in [6, 6.07) is 10.2. The number of anilines is 1. The average Bonchev–Trinajstić information content (AvgIpc) is 3.30. The van der Waals surface area contributed by atoms with E-state index in [4.69, 9.17) is 21.4 Å². The van der Waals surface area contributed by atoms with Crippen LogP contribution in [0.3, 0.4) is 0 Å². The Morgan fingerprint density at radius 1 is 1.11 bits per heavy atom. The summed E-state index contributed by atoms with van der Waals surface area (Å²) in [7, 11) is 0. The highest BCUT2D eigenvalue weighted by molar-refractivity contribution is 7.13. The van der Waals surface area contributed by atoms with E-state index in [1.807, 2.05) is 28.5 Å². The van der Waals surface area contributed by atoms with E-state index in [1.165, 1.54) is 6.42 Å². The molecule has 1 aliphatic heterocycles. The molecule has 138 valence electrons. The number of guanidine groups is 2. The van der Waals surface area contributed by atoms with Gasteiger partial charge in [0.2, 0.25) is 11.9 Å². The number of nitrogens with zero attached hydrogens (tertiary/aromatic N) is 4. The maximum Gasteiger partial charge on any atom is 0.220 e. The number of aliphatic imine (C=N–C) groups is 2. The Labute approximate surface area is 160 Å². The third-order valence-electron chi connectivity index (χ3n) is 5.33. The van der Waals surface area contributed by atoms with Gasteiger partial charge in [0.05, 0.1) is 15.9 Å². The van der Waals surface area contributed by atoms with Crippen LogP contribution in [-0.4, -0.2) is 27.5 Å². The number of thiophene rings is 1. The smallest absolute Gasteiger partial charge is 0.220 e. The Kier molecular flexibility index (Phi) is 3.68. The third-order valence-corrected chi connectivity index (χ3v) is 6.21. The first-order valence-electron chi connectivity index (χ1n) is 9.18. The van der Waals surface area contributed by atoms with Gasteiger partial charge in [-0.3, -0.25) is 4.90 Å². The standard InChI is InChI=1S/C19H21N7S/c20-17-24-18(21)26(19(25-17)8-2-1-3-9-19)12-6-7-13-14(11-12)23-16(22-13)15-5-4-10-27-15/h4-7,10-11H,1-3,8-9H2,(H,22,23)(H4,20,21,24,25). The van der Waals surface area contributed by atoms with Crippen molar-refractivity contribution in [2.24, 2.45) is 21.5 Å². The minimum atomic E-state index is -0.432. The second-order valence-electron chi connectivity index (χ2n) is 7.08. The summed E-state index contributed by atoms with van der Waals surface area (Å²) in [5, 5.41) is 2.05. The van der Waals surface area contributed by atoms with Crippen LogP contribution in [0.1, 0.15) is 32.1 Å². The Balaban J connectivity index is 1.59.